The molecule has 0 saturated heterocycles. The average molecular weight is 396 g/mol. The minimum Gasteiger partial charge on any atom is -0.245 e. The minimum atomic E-state index is -3.82. The zero-order valence-corrected chi connectivity index (χ0v) is 15.4. The molecule has 2 bridgehead atoms. The smallest absolute Gasteiger partial charge is 0.245 e. The molecule has 2 atom stereocenters. The highest BCUT2D eigenvalue weighted by Crippen LogP contribution is 2.34. The van der Waals surface area contributed by atoms with Gasteiger partial charge in [-0.15, -0.1) is 0 Å². The largest absolute Gasteiger partial charge is 0.353 e. The van der Waals surface area contributed by atoms with Crippen LogP contribution < -0.4 is 11.4 Å². The van der Waals surface area contributed by atoms with Crippen molar-refractivity contribution in [2.75, 3.05) is 6.54 Å². The van der Waals surface area contributed by atoms with Crippen molar-refractivity contribution in [3.63, 3.8) is 0 Å². The quantitative estimate of drug-likeness (QED) is 0.621. The van der Waals surface area contributed by atoms with E-state index in [9.17, 15) is 18.0 Å². The van der Waals surface area contributed by atoms with Gasteiger partial charge in [0.25, 0.3) is 0 Å². The summed E-state index contributed by atoms with van der Waals surface area (Å²) in [6.07, 6.45) is 2.54. The second kappa shape index (κ2) is 5.91. The van der Waals surface area contributed by atoms with Crippen LogP contribution in [0.4, 0.5) is 0 Å². The van der Waals surface area contributed by atoms with E-state index in [1.807, 2.05) is 0 Å². The number of hydrogen-bond donors (Lipinski definition) is 0. The van der Waals surface area contributed by atoms with Gasteiger partial charge in [-0.25, -0.2) is 31.9 Å². The topological polar surface area (TPSA) is 86.3 Å². The predicted octanol–water partition coefficient (Wildman–Crippen LogP) is 1.11. The summed E-state index contributed by atoms with van der Waals surface area (Å²) in [5, 5.41) is 0. The van der Waals surface area contributed by atoms with Gasteiger partial charge in [0.2, 0.25) is 10.0 Å². The molecule has 1 aromatic heterocycles. The highest BCUT2D eigenvalue weighted by Gasteiger charge is 2.44. The molecule has 6 rings (SSSR count). The first kappa shape index (κ1) is 17.0. The van der Waals surface area contributed by atoms with Crippen molar-refractivity contribution in [1.82, 2.24) is 18.2 Å². The summed E-state index contributed by atoms with van der Waals surface area (Å²) in [7, 11) is -3.82. The van der Waals surface area contributed by atoms with Gasteiger partial charge in [0.1, 0.15) is 6.17 Å². The van der Waals surface area contributed by atoms with Crippen LogP contribution in [-0.4, -0.2) is 33.2 Å². The monoisotopic (exact) mass is 396 g/mol. The first-order chi connectivity index (χ1) is 13.5. The standard InChI is InChI=1S/C19H16N4O4S/c24-18-21(14-7-3-1-4-8-14)19(25)23-17-12-11-15(22(18)23)13-20(17)28(26,27)16-9-5-2-6-10-16/h1-12,15,17H,13H2. The number of benzene rings is 2. The molecule has 0 saturated carbocycles. The van der Waals surface area contributed by atoms with Crippen LogP contribution in [0.25, 0.3) is 5.69 Å². The Morgan fingerprint density at radius 3 is 2.07 bits per heavy atom. The summed E-state index contributed by atoms with van der Waals surface area (Å²) in [6, 6.07) is 16.1. The molecule has 3 aliphatic heterocycles. The fraction of sp³-hybridized carbons (Fsp3) is 0.158. The summed E-state index contributed by atoms with van der Waals surface area (Å²) in [5.41, 5.74) is -0.598. The van der Waals surface area contributed by atoms with Gasteiger partial charge >= 0.3 is 11.4 Å². The third-order valence-electron chi connectivity index (χ3n) is 5.10. The molecule has 2 unspecified atom stereocenters. The first-order valence-corrected chi connectivity index (χ1v) is 10.2. The van der Waals surface area contributed by atoms with Crippen LogP contribution in [0.2, 0.25) is 0 Å². The van der Waals surface area contributed by atoms with E-state index in [0.717, 1.165) is 4.57 Å². The lowest BCUT2D eigenvalue weighted by Crippen LogP contribution is -2.53. The summed E-state index contributed by atoms with van der Waals surface area (Å²) < 4.78 is 31.2. The fourth-order valence-electron chi connectivity index (χ4n) is 3.82. The maximum absolute atomic E-state index is 13.1. The number of aromatic nitrogens is 3. The van der Waals surface area contributed by atoms with Gasteiger partial charge in [0, 0.05) is 6.54 Å². The zero-order chi connectivity index (χ0) is 19.5. The third-order valence-corrected chi connectivity index (χ3v) is 6.95. The van der Waals surface area contributed by atoms with Crippen molar-refractivity contribution >= 4 is 10.0 Å². The van der Waals surface area contributed by atoms with Crippen LogP contribution in [0.5, 0.6) is 0 Å². The Morgan fingerprint density at radius 2 is 1.39 bits per heavy atom. The van der Waals surface area contributed by atoms with Crippen molar-refractivity contribution < 1.29 is 8.42 Å². The number of para-hydroxylation sites is 1. The predicted molar refractivity (Wildman–Crippen MR) is 102 cm³/mol. The van der Waals surface area contributed by atoms with Crippen molar-refractivity contribution in [3.05, 3.63) is 93.8 Å². The van der Waals surface area contributed by atoms with Crippen LogP contribution in [0.15, 0.2) is 87.3 Å². The van der Waals surface area contributed by atoms with E-state index >= 15 is 0 Å². The Hall–Kier alpha value is -3.17. The maximum Gasteiger partial charge on any atom is 0.353 e. The summed E-state index contributed by atoms with van der Waals surface area (Å²) >= 11 is 0. The van der Waals surface area contributed by atoms with Gasteiger partial charge in [-0.2, -0.15) is 4.31 Å². The molecule has 0 radical (unpaired) electrons. The molecule has 0 spiro atoms. The SMILES string of the molecule is O=c1n(-c2ccccc2)c(=O)n2n1C1C=CC2N(S(=O)(=O)c2ccccc2)C1. The Labute approximate surface area is 160 Å². The summed E-state index contributed by atoms with van der Waals surface area (Å²) in [4.78, 5) is 26.2. The van der Waals surface area contributed by atoms with Gasteiger partial charge < -0.3 is 0 Å². The van der Waals surface area contributed by atoms with E-state index in [1.165, 1.54) is 25.8 Å². The van der Waals surface area contributed by atoms with E-state index in [2.05, 4.69) is 0 Å². The Bertz CT molecular complexity index is 1300. The Kier molecular flexibility index (Phi) is 3.58. The number of nitrogens with zero attached hydrogens (tertiary/aromatic N) is 4. The van der Waals surface area contributed by atoms with Gasteiger partial charge in [-0.05, 0) is 30.3 Å². The van der Waals surface area contributed by atoms with Crippen LogP contribution >= 0.6 is 0 Å². The average Bonchev–Trinajstić information content (AvgIpc) is 3.02. The van der Waals surface area contributed by atoms with Crippen molar-refractivity contribution in [2.24, 2.45) is 0 Å². The molecule has 9 heteroatoms. The lowest BCUT2D eigenvalue weighted by Gasteiger charge is -2.41. The molecule has 142 valence electrons. The van der Waals surface area contributed by atoms with Gasteiger partial charge in [0.15, 0.2) is 0 Å². The second-order valence-corrected chi connectivity index (χ2v) is 8.57. The molecule has 8 nitrogen and oxygen atoms in total. The van der Waals surface area contributed by atoms with Crippen molar-refractivity contribution in [2.45, 2.75) is 17.1 Å². The molecular formula is C19H16N4O4S. The van der Waals surface area contributed by atoms with Crippen molar-refractivity contribution in [3.8, 4) is 5.69 Å². The number of sulfonamides is 1. The molecule has 4 heterocycles. The summed E-state index contributed by atoms with van der Waals surface area (Å²) in [6.45, 7) is 0.0938. The van der Waals surface area contributed by atoms with Gasteiger partial charge in [-0.1, -0.05) is 42.5 Å². The highest BCUT2D eigenvalue weighted by molar-refractivity contribution is 7.89. The van der Waals surface area contributed by atoms with Gasteiger partial charge in [-0.3, -0.25) is 0 Å². The third kappa shape index (κ3) is 2.23. The Balaban J connectivity index is 1.69. The first-order valence-electron chi connectivity index (χ1n) is 8.77. The molecular weight excluding hydrogens is 380 g/mol. The lowest BCUT2D eigenvalue weighted by atomic mass is 10.1. The Morgan fingerprint density at radius 1 is 0.786 bits per heavy atom. The zero-order valence-electron chi connectivity index (χ0n) is 14.6. The molecule has 28 heavy (non-hydrogen) atoms. The second-order valence-electron chi connectivity index (χ2n) is 6.68. The van der Waals surface area contributed by atoms with Gasteiger partial charge in [0.05, 0.1) is 16.6 Å². The molecule has 2 aromatic carbocycles. The number of rotatable bonds is 3. The number of fused-ring (bicyclic) bond motifs is 1. The molecule has 0 amide bonds. The highest BCUT2D eigenvalue weighted by atomic mass is 32.2. The van der Waals surface area contributed by atoms with Crippen LogP contribution in [0.3, 0.4) is 0 Å². The minimum absolute atomic E-state index is 0.0938. The fourth-order valence-corrected chi connectivity index (χ4v) is 5.38. The molecule has 0 aliphatic carbocycles. The lowest BCUT2D eigenvalue weighted by molar-refractivity contribution is 0.144. The van der Waals surface area contributed by atoms with E-state index in [4.69, 9.17) is 0 Å². The normalized spacial score (nSPS) is 21.0. The molecule has 0 fully saturated rings. The molecule has 0 N–H and O–H groups in total. The van der Waals surface area contributed by atoms with Crippen LogP contribution in [0, 0.1) is 0 Å². The van der Waals surface area contributed by atoms with Crippen LogP contribution in [-0.2, 0) is 10.0 Å². The summed E-state index contributed by atoms with van der Waals surface area (Å²) in [5.74, 6) is 0. The van der Waals surface area contributed by atoms with Crippen LogP contribution in [0.1, 0.15) is 12.2 Å². The molecule has 3 aliphatic rings. The maximum atomic E-state index is 13.1. The number of hydrogen-bond acceptors (Lipinski definition) is 4. The van der Waals surface area contributed by atoms with E-state index in [1.54, 1.807) is 60.7 Å². The van der Waals surface area contributed by atoms with E-state index in [-0.39, 0.29) is 11.4 Å². The van der Waals surface area contributed by atoms with E-state index in [0.29, 0.717) is 5.69 Å². The van der Waals surface area contributed by atoms with Crippen molar-refractivity contribution in [1.29, 1.82) is 0 Å². The molecule has 3 aromatic rings. The van der Waals surface area contributed by atoms with E-state index < -0.39 is 33.6 Å².